The highest BCUT2D eigenvalue weighted by molar-refractivity contribution is 6.35. The van der Waals surface area contributed by atoms with Crippen molar-refractivity contribution in [2.45, 2.75) is 6.54 Å². The molecule has 2 aromatic carbocycles. The van der Waals surface area contributed by atoms with Gasteiger partial charge in [0.05, 0.1) is 11.6 Å². The van der Waals surface area contributed by atoms with Crippen LogP contribution in [0.15, 0.2) is 42.5 Å². The van der Waals surface area contributed by atoms with Crippen LogP contribution in [0.3, 0.4) is 0 Å². The largest absolute Gasteiger partial charge is 0.348 e. The number of carbonyl (C=O) groups excluding carboxylic acids is 1. The Morgan fingerprint density at radius 2 is 2.00 bits per heavy atom. The van der Waals surface area contributed by atoms with Crippen molar-refractivity contribution in [2.75, 3.05) is 0 Å². The highest BCUT2D eigenvalue weighted by atomic mass is 35.5. The normalized spacial score (nSPS) is 9.85. The average Bonchev–Trinajstić information content (AvgIpc) is 2.46. The van der Waals surface area contributed by atoms with E-state index in [1.54, 1.807) is 42.5 Å². The number of benzene rings is 2. The molecule has 1 N–H and O–H groups in total. The third-order valence-corrected chi connectivity index (χ3v) is 3.30. The van der Waals surface area contributed by atoms with Crippen LogP contribution in [-0.4, -0.2) is 5.91 Å². The van der Waals surface area contributed by atoms with Crippen molar-refractivity contribution >= 4 is 29.1 Å². The smallest absolute Gasteiger partial charge is 0.251 e. The Morgan fingerprint density at radius 1 is 1.20 bits per heavy atom. The number of halogens is 2. The molecule has 2 rings (SSSR count). The molecule has 0 saturated heterocycles. The molecule has 0 unspecified atom stereocenters. The Labute approximate surface area is 126 Å². The van der Waals surface area contributed by atoms with Gasteiger partial charge in [-0.15, -0.1) is 0 Å². The molecule has 100 valence electrons. The lowest BCUT2D eigenvalue weighted by Crippen LogP contribution is -2.22. The second-order valence-electron chi connectivity index (χ2n) is 4.11. The fourth-order valence-electron chi connectivity index (χ4n) is 1.67. The number of carbonyl (C=O) groups is 1. The van der Waals surface area contributed by atoms with Crippen molar-refractivity contribution < 1.29 is 4.79 Å². The van der Waals surface area contributed by atoms with Gasteiger partial charge in [-0.3, -0.25) is 4.79 Å². The highest BCUT2D eigenvalue weighted by Crippen LogP contribution is 2.20. The summed E-state index contributed by atoms with van der Waals surface area (Å²) in [5.74, 6) is -0.256. The zero-order valence-corrected chi connectivity index (χ0v) is 11.9. The number of hydrogen-bond donors (Lipinski definition) is 1. The number of hydrogen-bond acceptors (Lipinski definition) is 2. The maximum absolute atomic E-state index is 12.0. The lowest BCUT2D eigenvalue weighted by molar-refractivity contribution is 0.0951. The van der Waals surface area contributed by atoms with Gasteiger partial charge in [0.2, 0.25) is 0 Å². The molecule has 0 spiro atoms. The number of nitriles is 1. The van der Waals surface area contributed by atoms with E-state index in [1.165, 1.54) is 0 Å². The van der Waals surface area contributed by atoms with Gasteiger partial charge in [-0.25, -0.2) is 0 Å². The summed E-state index contributed by atoms with van der Waals surface area (Å²) in [7, 11) is 0. The second kappa shape index (κ2) is 6.42. The zero-order valence-electron chi connectivity index (χ0n) is 10.4. The first-order valence-corrected chi connectivity index (χ1v) is 6.58. The topological polar surface area (TPSA) is 52.9 Å². The zero-order chi connectivity index (χ0) is 14.5. The van der Waals surface area contributed by atoms with Gasteiger partial charge in [0.25, 0.3) is 5.91 Å². The number of amides is 1. The highest BCUT2D eigenvalue weighted by Gasteiger charge is 2.07. The molecule has 0 aromatic heterocycles. The second-order valence-corrected chi connectivity index (χ2v) is 4.95. The Balaban J connectivity index is 2.07. The Bertz CT molecular complexity index is 693. The predicted molar refractivity (Wildman–Crippen MR) is 78.8 cm³/mol. The first kappa shape index (κ1) is 14.4. The number of rotatable bonds is 3. The van der Waals surface area contributed by atoms with Crippen LogP contribution in [0.4, 0.5) is 0 Å². The molecule has 0 bridgehead atoms. The minimum atomic E-state index is -0.256. The van der Waals surface area contributed by atoms with Crippen LogP contribution in [-0.2, 0) is 6.54 Å². The van der Waals surface area contributed by atoms with Gasteiger partial charge >= 0.3 is 0 Å². The van der Waals surface area contributed by atoms with Crippen LogP contribution in [0.1, 0.15) is 21.5 Å². The van der Waals surface area contributed by atoms with Gasteiger partial charge in [-0.1, -0.05) is 35.3 Å². The van der Waals surface area contributed by atoms with Crippen molar-refractivity contribution in [1.82, 2.24) is 5.32 Å². The molecule has 20 heavy (non-hydrogen) atoms. The van der Waals surface area contributed by atoms with Crippen LogP contribution in [0, 0.1) is 11.3 Å². The number of nitrogens with one attached hydrogen (secondary N) is 1. The molecule has 0 aliphatic rings. The molecule has 1 amide bonds. The third-order valence-electron chi connectivity index (χ3n) is 2.71. The van der Waals surface area contributed by atoms with Gasteiger partial charge in [0.1, 0.15) is 0 Å². The molecule has 0 aliphatic heterocycles. The maximum atomic E-state index is 12.0. The van der Waals surface area contributed by atoms with Crippen molar-refractivity contribution in [3.63, 3.8) is 0 Å². The summed E-state index contributed by atoms with van der Waals surface area (Å²) in [4.78, 5) is 12.0. The van der Waals surface area contributed by atoms with E-state index in [9.17, 15) is 4.79 Å². The third kappa shape index (κ3) is 3.51. The van der Waals surface area contributed by atoms with Crippen molar-refractivity contribution in [3.8, 4) is 6.07 Å². The van der Waals surface area contributed by atoms with Crippen LogP contribution in [0.2, 0.25) is 10.0 Å². The van der Waals surface area contributed by atoms with Gasteiger partial charge in [-0.2, -0.15) is 5.26 Å². The summed E-state index contributed by atoms with van der Waals surface area (Å²) in [5.41, 5.74) is 1.66. The van der Waals surface area contributed by atoms with Crippen LogP contribution in [0.5, 0.6) is 0 Å². The fraction of sp³-hybridized carbons (Fsp3) is 0.0667. The Kier molecular flexibility index (Phi) is 4.62. The summed E-state index contributed by atoms with van der Waals surface area (Å²) in [6, 6.07) is 13.6. The summed E-state index contributed by atoms with van der Waals surface area (Å²) in [6.45, 7) is 0.297. The lowest BCUT2D eigenvalue weighted by atomic mass is 10.1. The molecule has 0 heterocycles. The van der Waals surface area contributed by atoms with Crippen LogP contribution in [0.25, 0.3) is 0 Å². The van der Waals surface area contributed by atoms with Crippen LogP contribution < -0.4 is 5.32 Å². The molecule has 2 aromatic rings. The van der Waals surface area contributed by atoms with E-state index in [-0.39, 0.29) is 5.91 Å². The van der Waals surface area contributed by atoms with Crippen molar-refractivity contribution in [1.29, 1.82) is 5.26 Å². The van der Waals surface area contributed by atoms with Gasteiger partial charge in [0, 0.05) is 22.2 Å². The molecule has 0 radical (unpaired) electrons. The quantitative estimate of drug-likeness (QED) is 0.938. The summed E-state index contributed by atoms with van der Waals surface area (Å²) < 4.78 is 0. The predicted octanol–water partition coefficient (Wildman–Crippen LogP) is 3.80. The standard InChI is InChI=1S/C15H10Cl2N2O/c16-13-5-4-12(14(17)7-13)9-19-15(20)11-3-1-2-10(6-11)8-18/h1-7H,9H2,(H,19,20). The van der Waals surface area contributed by atoms with E-state index < -0.39 is 0 Å². The molecule has 5 heteroatoms. The molecule has 0 aliphatic carbocycles. The summed E-state index contributed by atoms with van der Waals surface area (Å²) in [5, 5.41) is 12.6. The van der Waals surface area contributed by atoms with E-state index in [4.69, 9.17) is 28.5 Å². The molecule has 0 atom stereocenters. The van der Waals surface area contributed by atoms with E-state index in [1.807, 2.05) is 6.07 Å². The molecule has 0 saturated carbocycles. The van der Waals surface area contributed by atoms with Crippen molar-refractivity contribution in [2.24, 2.45) is 0 Å². The monoisotopic (exact) mass is 304 g/mol. The average molecular weight is 305 g/mol. The first-order chi connectivity index (χ1) is 9.60. The van der Waals surface area contributed by atoms with E-state index in [2.05, 4.69) is 5.32 Å². The lowest BCUT2D eigenvalue weighted by Gasteiger charge is -2.07. The van der Waals surface area contributed by atoms with Crippen LogP contribution >= 0.6 is 23.2 Å². The van der Waals surface area contributed by atoms with Gasteiger partial charge in [-0.05, 0) is 35.9 Å². The van der Waals surface area contributed by atoms with E-state index in [0.29, 0.717) is 27.7 Å². The van der Waals surface area contributed by atoms with E-state index >= 15 is 0 Å². The summed E-state index contributed by atoms with van der Waals surface area (Å²) in [6.07, 6.45) is 0. The fourth-order valence-corrected chi connectivity index (χ4v) is 2.15. The number of nitrogens with zero attached hydrogens (tertiary/aromatic N) is 1. The van der Waals surface area contributed by atoms with Gasteiger partial charge < -0.3 is 5.32 Å². The Morgan fingerprint density at radius 3 is 2.70 bits per heavy atom. The maximum Gasteiger partial charge on any atom is 0.251 e. The minimum absolute atomic E-state index is 0.256. The molecule has 0 fully saturated rings. The molecular formula is C15H10Cl2N2O. The van der Waals surface area contributed by atoms with Gasteiger partial charge in [0.15, 0.2) is 0 Å². The first-order valence-electron chi connectivity index (χ1n) is 5.82. The molecular weight excluding hydrogens is 295 g/mol. The van der Waals surface area contributed by atoms with Crippen molar-refractivity contribution in [3.05, 3.63) is 69.2 Å². The minimum Gasteiger partial charge on any atom is -0.348 e. The van der Waals surface area contributed by atoms with E-state index in [0.717, 1.165) is 5.56 Å². The Hall–Kier alpha value is -2.02. The summed E-state index contributed by atoms with van der Waals surface area (Å²) >= 11 is 11.8. The molecule has 3 nitrogen and oxygen atoms in total. The SMILES string of the molecule is N#Cc1cccc(C(=O)NCc2ccc(Cl)cc2Cl)c1.